The minimum Gasteiger partial charge on any atom is -0.487 e. The van der Waals surface area contributed by atoms with Crippen LogP contribution in [0.25, 0.3) is 11.1 Å². The number of morpholine rings is 1. The lowest BCUT2D eigenvalue weighted by Gasteiger charge is -2.47. The lowest BCUT2D eigenvalue weighted by Crippen LogP contribution is -2.56. The molecule has 1 aromatic carbocycles. The molecule has 1 aliphatic carbocycles. The number of benzene rings is 1. The maximum absolute atomic E-state index is 14.2. The topological polar surface area (TPSA) is 154 Å². The first-order chi connectivity index (χ1) is 22.8. The van der Waals surface area contributed by atoms with Crippen molar-refractivity contribution in [2.45, 2.75) is 70.1 Å². The minimum atomic E-state index is -3.35. The zero-order chi connectivity index (χ0) is 32.8. The highest BCUT2D eigenvalue weighted by Gasteiger charge is 2.42. The summed E-state index contributed by atoms with van der Waals surface area (Å²) >= 11 is 0. The van der Waals surface area contributed by atoms with Gasteiger partial charge in [-0.3, -0.25) is 4.90 Å². The normalized spacial score (nSPS) is 17.6. The number of rotatable bonds is 12. The fourth-order valence-corrected chi connectivity index (χ4v) is 6.03. The number of tetrazole rings is 1. The van der Waals surface area contributed by atoms with Crippen LogP contribution in [0.3, 0.4) is 0 Å². The zero-order valence-electron chi connectivity index (χ0n) is 26.1. The Morgan fingerprint density at radius 2 is 1.81 bits per heavy atom. The van der Waals surface area contributed by atoms with E-state index in [1.807, 2.05) is 6.92 Å². The van der Waals surface area contributed by atoms with E-state index < -0.39 is 18.4 Å². The highest BCUT2D eigenvalue weighted by atomic mass is 35.5. The van der Waals surface area contributed by atoms with E-state index in [1.165, 1.54) is 11.0 Å². The van der Waals surface area contributed by atoms with Gasteiger partial charge in [-0.2, -0.15) is 9.65 Å². The molecule has 0 amide bonds. The Labute approximate surface area is 280 Å². The van der Waals surface area contributed by atoms with E-state index in [9.17, 15) is 18.4 Å². The van der Waals surface area contributed by atoms with Crippen LogP contribution in [0.4, 0.5) is 24.8 Å². The molecule has 3 aromatic heterocycles. The van der Waals surface area contributed by atoms with E-state index in [2.05, 4.69) is 46.9 Å². The van der Waals surface area contributed by atoms with Gasteiger partial charge in [-0.15, -0.1) is 22.6 Å². The van der Waals surface area contributed by atoms with Crippen LogP contribution in [0.2, 0.25) is 0 Å². The number of alkyl halides is 3. The van der Waals surface area contributed by atoms with Gasteiger partial charge >= 0.3 is 6.43 Å². The number of nitrogens with one attached hydrogen (secondary N) is 1. The van der Waals surface area contributed by atoms with Crippen LogP contribution >= 0.6 is 12.4 Å². The molecule has 48 heavy (non-hydrogen) atoms. The predicted molar refractivity (Wildman–Crippen MR) is 168 cm³/mol. The second-order valence-corrected chi connectivity index (χ2v) is 11.4. The minimum absolute atomic E-state index is 0. The second-order valence-electron chi connectivity index (χ2n) is 11.4. The Morgan fingerprint density at radius 1 is 1.06 bits per heavy atom. The molecule has 2 unspecified atom stereocenters. The van der Waals surface area contributed by atoms with Crippen molar-refractivity contribution in [1.82, 2.24) is 44.9 Å². The van der Waals surface area contributed by atoms with Crippen molar-refractivity contribution in [1.29, 1.82) is 5.26 Å². The maximum atomic E-state index is 14.2. The highest BCUT2D eigenvalue weighted by Crippen LogP contribution is 2.41. The van der Waals surface area contributed by atoms with Crippen LogP contribution in [0, 0.1) is 11.3 Å². The molecule has 2 fully saturated rings. The van der Waals surface area contributed by atoms with Gasteiger partial charge in [0.1, 0.15) is 35.6 Å². The number of anilines is 2. The molecule has 4 aromatic rings. The van der Waals surface area contributed by atoms with Gasteiger partial charge in [-0.1, -0.05) is 12.5 Å². The predicted octanol–water partition coefficient (Wildman–Crippen LogP) is 4.72. The summed E-state index contributed by atoms with van der Waals surface area (Å²) in [5.74, 6) is 0.182. The van der Waals surface area contributed by atoms with E-state index in [0.29, 0.717) is 55.3 Å². The Morgan fingerprint density at radius 3 is 2.48 bits per heavy atom. The number of ether oxygens (including phenoxy) is 3. The number of hydrogen-bond donors (Lipinski definition) is 1. The third kappa shape index (κ3) is 7.77. The van der Waals surface area contributed by atoms with E-state index in [-0.39, 0.29) is 36.0 Å². The van der Waals surface area contributed by atoms with E-state index in [0.717, 1.165) is 32.1 Å². The Balaban J connectivity index is 0.00000451. The van der Waals surface area contributed by atoms with Gasteiger partial charge in [0.15, 0.2) is 0 Å². The van der Waals surface area contributed by atoms with Crippen LogP contribution in [0.1, 0.15) is 44.6 Å². The molecule has 1 aliphatic heterocycles. The van der Waals surface area contributed by atoms with Crippen LogP contribution in [-0.2, 0) is 16.9 Å². The number of nitriles is 1. The van der Waals surface area contributed by atoms with Gasteiger partial charge in [-0.25, -0.2) is 28.1 Å². The molecule has 256 valence electrons. The fourth-order valence-electron chi connectivity index (χ4n) is 6.03. The van der Waals surface area contributed by atoms with Crippen LogP contribution in [0.15, 0.2) is 43.1 Å². The monoisotopic (exact) mass is 689 g/mol. The maximum Gasteiger partial charge on any atom is 0.304 e. The van der Waals surface area contributed by atoms with Crippen molar-refractivity contribution in [2.75, 3.05) is 31.6 Å². The molecule has 0 spiro atoms. The highest BCUT2D eigenvalue weighted by molar-refractivity contribution is 5.85. The smallest absolute Gasteiger partial charge is 0.304 e. The molecule has 1 saturated heterocycles. The van der Waals surface area contributed by atoms with Crippen molar-refractivity contribution in [3.63, 3.8) is 0 Å². The molecule has 6 rings (SSSR count). The third-order valence-corrected chi connectivity index (χ3v) is 8.28. The van der Waals surface area contributed by atoms with Crippen LogP contribution in [0.5, 0.6) is 11.6 Å². The second kappa shape index (κ2) is 15.6. The SMILES string of the molecule is CC(Cn1cnnn1)Oc1cc(-c2cnc(Nc3cn(C4(N5CCOCC5)CCCCC4)nc3OC(F)C(F)F)nc2)ccc1C#N.Cl. The molecule has 0 bridgehead atoms. The summed E-state index contributed by atoms with van der Waals surface area (Å²) in [7, 11) is 0. The fraction of sp³-hybridized carbons (Fsp3) is 0.500. The zero-order valence-corrected chi connectivity index (χ0v) is 26.9. The molecule has 1 saturated carbocycles. The quantitative estimate of drug-likeness (QED) is 0.219. The van der Waals surface area contributed by atoms with Gasteiger partial charge in [0.25, 0.3) is 12.2 Å². The first kappa shape index (κ1) is 34.8. The lowest BCUT2D eigenvalue weighted by molar-refractivity contribution is -0.0870. The third-order valence-electron chi connectivity index (χ3n) is 8.28. The molecule has 2 aliphatic rings. The molecular formula is C30H35ClF3N11O3. The van der Waals surface area contributed by atoms with Crippen LogP contribution < -0.4 is 14.8 Å². The van der Waals surface area contributed by atoms with Crippen molar-refractivity contribution >= 4 is 24.0 Å². The molecule has 1 N–H and O–H groups in total. The van der Waals surface area contributed by atoms with Crippen molar-refractivity contribution in [3.8, 4) is 28.8 Å². The molecule has 4 heterocycles. The summed E-state index contributed by atoms with van der Waals surface area (Å²) in [6, 6.07) is 7.25. The van der Waals surface area contributed by atoms with Crippen LogP contribution in [-0.4, -0.2) is 90.0 Å². The largest absolute Gasteiger partial charge is 0.487 e. The van der Waals surface area contributed by atoms with E-state index in [1.54, 1.807) is 41.5 Å². The van der Waals surface area contributed by atoms with Gasteiger partial charge < -0.3 is 19.5 Å². The molecule has 18 heteroatoms. The van der Waals surface area contributed by atoms with Gasteiger partial charge in [0.05, 0.1) is 31.5 Å². The standard InChI is InChI=1S/C30H34F3N11O3.ClH/c1-20(17-43-19-37-40-41-43)46-25-13-21(5-6-22(25)14-34)23-15-35-29(36-16-23)38-24-18-44(39-28(24)47-27(33)26(31)32)30(7-3-2-4-8-30)42-9-11-45-12-10-42;/h5-6,13,15-16,18-20,26-27H,2-4,7-12,17H2,1H3,(H,35,36,38);1H. The van der Waals surface area contributed by atoms with Gasteiger partial charge in [0, 0.05) is 31.0 Å². The summed E-state index contributed by atoms with van der Waals surface area (Å²) in [6.07, 6.45) is 4.26. The summed E-state index contributed by atoms with van der Waals surface area (Å²) in [5, 5.41) is 28.2. The first-order valence-electron chi connectivity index (χ1n) is 15.4. The molecule has 14 nitrogen and oxygen atoms in total. The Hall–Kier alpha value is -4.53. The lowest BCUT2D eigenvalue weighted by atomic mass is 9.87. The van der Waals surface area contributed by atoms with E-state index >= 15 is 0 Å². The van der Waals surface area contributed by atoms with Gasteiger partial charge in [0.2, 0.25) is 5.95 Å². The number of hydrogen-bond acceptors (Lipinski definition) is 12. The molecule has 0 radical (unpaired) electrons. The van der Waals surface area contributed by atoms with Crippen molar-refractivity contribution in [3.05, 3.63) is 48.7 Å². The average molecular weight is 690 g/mol. The van der Waals surface area contributed by atoms with Crippen molar-refractivity contribution < 1.29 is 27.4 Å². The average Bonchev–Trinajstić information content (AvgIpc) is 3.76. The summed E-state index contributed by atoms with van der Waals surface area (Å²) in [5.41, 5.74) is 1.30. The first-order valence-corrected chi connectivity index (χ1v) is 15.4. The van der Waals surface area contributed by atoms with E-state index in [4.69, 9.17) is 14.2 Å². The number of nitrogens with zero attached hydrogens (tertiary/aromatic N) is 10. The van der Waals surface area contributed by atoms with Crippen molar-refractivity contribution in [2.24, 2.45) is 0 Å². The molecular weight excluding hydrogens is 655 g/mol. The Bertz CT molecular complexity index is 1660. The summed E-state index contributed by atoms with van der Waals surface area (Å²) in [4.78, 5) is 11.1. The number of aromatic nitrogens is 8. The summed E-state index contributed by atoms with van der Waals surface area (Å²) < 4.78 is 60.4. The van der Waals surface area contributed by atoms with Gasteiger partial charge in [-0.05, 0) is 60.7 Å². The Kier molecular flexibility index (Phi) is 11.3. The summed E-state index contributed by atoms with van der Waals surface area (Å²) in [6.45, 7) is 4.73. The molecule has 2 atom stereocenters. The number of halogens is 4.